The van der Waals surface area contributed by atoms with Crippen molar-refractivity contribution in [3.8, 4) is 0 Å². The van der Waals surface area contributed by atoms with Crippen molar-refractivity contribution in [2.75, 3.05) is 5.32 Å². The maximum Gasteiger partial charge on any atom is 0.352 e. The number of nitrogens with one attached hydrogen (secondary N) is 2. The fourth-order valence-corrected chi connectivity index (χ4v) is 2.09. The average Bonchev–Trinajstić information content (AvgIpc) is 2.68. The summed E-state index contributed by atoms with van der Waals surface area (Å²) in [5.41, 5.74) is 2.15. The zero-order chi connectivity index (χ0) is 14.9. The van der Waals surface area contributed by atoms with E-state index in [4.69, 9.17) is 5.11 Å². The Labute approximate surface area is 115 Å². The van der Waals surface area contributed by atoms with Crippen LogP contribution < -0.4 is 5.32 Å². The molecule has 0 saturated carbocycles. The molecular formula is C14H15N3O3. The van der Waals surface area contributed by atoms with Crippen LogP contribution in [-0.4, -0.2) is 27.0 Å². The SMILES string of the molecule is Cc1cccnc1NC(=O)c1c(C)[nH]c(C(=O)O)c1C. The van der Waals surface area contributed by atoms with E-state index in [1.54, 1.807) is 26.1 Å². The maximum absolute atomic E-state index is 12.3. The fourth-order valence-electron chi connectivity index (χ4n) is 2.09. The largest absolute Gasteiger partial charge is 0.477 e. The first-order chi connectivity index (χ1) is 9.41. The zero-order valence-corrected chi connectivity index (χ0v) is 11.4. The normalized spacial score (nSPS) is 10.3. The Hall–Kier alpha value is -2.63. The van der Waals surface area contributed by atoms with E-state index >= 15 is 0 Å². The summed E-state index contributed by atoms with van der Waals surface area (Å²) >= 11 is 0. The van der Waals surface area contributed by atoms with Crippen LogP contribution >= 0.6 is 0 Å². The third kappa shape index (κ3) is 2.40. The van der Waals surface area contributed by atoms with Gasteiger partial charge in [-0.15, -0.1) is 0 Å². The molecule has 0 fully saturated rings. The minimum Gasteiger partial charge on any atom is -0.477 e. The van der Waals surface area contributed by atoms with E-state index in [1.165, 1.54) is 0 Å². The lowest BCUT2D eigenvalue weighted by atomic mass is 10.1. The number of amides is 1. The van der Waals surface area contributed by atoms with Crippen molar-refractivity contribution in [2.24, 2.45) is 0 Å². The number of carboxylic acid groups (broad SMARTS) is 1. The predicted molar refractivity (Wildman–Crippen MR) is 74.2 cm³/mol. The Morgan fingerprint density at radius 3 is 2.55 bits per heavy atom. The molecule has 0 bridgehead atoms. The second-order valence-electron chi connectivity index (χ2n) is 4.55. The third-order valence-corrected chi connectivity index (χ3v) is 3.12. The van der Waals surface area contributed by atoms with Gasteiger partial charge in [-0.1, -0.05) is 6.07 Å². The van der Waals surface area contributed by atoms with Gasteiger partial charge < -0.3 is 15.4 Å². The van der Waals surface area contributed by atoms with Crippen molar-refractivity contribution >= 4 is 17.7 Å². The summed E-state index contributed by atoms with van der Waals surface area (Å²) in [5, 5.41) is 11.7. The Bertz CT molecular complexity index is 689. The van der Waals surface area contributed by atoms with Crippen LogP contribution in [-0.2, 0) is 0 Å². The average molecular weight is 273 g/mol. The summed E-state index contributed by atoms with van der Waals surface area (Å²) in [6.07, 6.45) is 1.59. The molecule has 1 amide bonds. The van der Waals surface area contributed by atoms with E-state index in [0.29, 0.717) is 22.6 Å². The zero-order valence-electron chi connectivity index (χ0n) is 11.4. The van der Waals surface area contributed by atoms with Gasteiger partial charge in [-0.2, -0.15) is 0 Å². The first-order valence-electron chi connectivity index (χ1n) is 6.07. The van der Waals surface area contributed by atoms with Gasteiger partial charge in [0.25, 0.3) is 5.91 Å². The van der Waals surface area contributed by atoms with Crippen molar-refractivity contribution in [3.05, 3.63) is 46.4 Å². The Morgan fingerprint density at radius 1 is 1.30 bits per heavy atom. The van der Waals surface area contributed by atoms with Gasteiger partial charge in [0.2, 0.25) is 0 Å². The Kier molecular flexibility index (Phi) is 3.56. The van der Waals surface area contributed by atoms with Crippen molar-refractivity contribution in [1.29, 1.82) is 0 Å². The molecule has 104 valence electrons. The molecular weight excluding hydrogens is 258 g/mol. The summed E-state index contributed by atoms with van der Waals surface area (Å²) < 4.78 is 0. The van der Waals surface area contributed by atoms with Crippen LogP contribution in [0, 0.1) is 20.8 Å². The summed E-state index contributed by atoms with van der Waals surface area (Å²) in [6.45, 7) is 5.11. The smallest absolute Gasteiger partial charge is 0.352 e. The summed E-state index contributed by atoms with van der Waals surface area (Å²) in [7, 11) is 0. The first kappa shape index (κ1) is 13.8. The highest BCUT2D eigenvalue weighted by molar-refractivity contribution is 6.07. The molecule has 0 atom stereocenters. The Balaban J connectivity index is 2.35. The number of aromatic carboxylic acids is 1. The molecule has 0 aromatic carbocycles. The van der Waals surface area contributed by atoms with Gasteiger partial charge in [0.1, 0.15) is 11.5 Å². The highest BCUT2D eigenvalue weighted by Crippen LogP contribution is 2.20. The molecule has 0 aliphatic rings. The van der Waals surface area contributed by atoms with Gasteiger partial charge in [-0.3, -0.25) is 4.79 Å². The van der Waals surface area contributed by atoms with Crippen LogP contribution in [0.15, 0.2) is 18.3 Å². The van der Waals surface area contributed by atoms with E-state index in [1.807, 2.05) is 13.0 Å². The summed E-state index contributed by atoms with van der Waals surface area (Å²) in [5.74, 6) is -0.987. The number of pyridine rings is 1. The number of anilines is 1. The molecule has 0 aliphatic carbocycles. The van der Waals surface area contributed by atoms with E-state index in [0.717, 1.165) is 5.56 Å². The first-order valence-corrected chi connectivity index (χ1v) is 6.07. The molecule has 0 aliphatic heterocycles. The highest BCUT2D eigenvalue weighted by Gasteiger charge is 2.22. The third-order valence-electron chi connectivity index (χ3n) is 3.12. The summed E-state index contributed by atoms with van der Waals surface area (Å²) in [6, 6.07) is 3.61. The molecule has 0 radical (unpaired) electrons. The van der Waals surface area contributed by atoms with Gasteiger partial charge in [0, 0.05) is 11.9 Å². The minimum atomic E-state index is -1.08. The van der Waals surface area contributed by atoms with Crippen molar-refractivity contribution in [2.45, 2.75) is 20.8 Å². The number of aromatic amines is 1. The van der Waals surface area contributed by atoms with E-state index in [9.17, 15) is 9.59 Å². The molecule has 3 N–H and O–H groups in total. The quantitative estimate of drug-likeness (QED) is 0.799. The number of aromatic nitrogens is 2. The standard InChI is InChI=1S/C14H15N3O3/c1-7-5-4-6-15-12(7)17-13(18)10-8(2)11(14(19)20)16-9(10)3/h4-6,16H,1-3H3,(H,19,20)(H,15,17,18). The predicted octanol–water partition coefficient (Wildman–Crippen LogP) is 2.29. The molecule has 2 aromatic rings. The number of nitrogens with zero attached hydrogens (tertiary/aromatic N) is 1. The molecule has 6 heteroatoms. The van der Waals surface area contributed by atoms with Crippen LogP contribution in [0.4, 0.5) is 5.82 Å². The van der Waals surface area contributed by atoms with Crippen LogP contribution in [0.3, 0.4) is 0 Å². The molecule has 6 nitrogen and oxygen atoms in total. The van der Waals surface area contributed by atoms with Crippen molar-refractivity contribution < 1.29 is 14.7 Å². The van der Waals surface area contributed by atoms with Crippen molar-refractivity contribution in [1.82, 2.24) is 9.97 Å². The molecule has 20 heavy (non-hydrogen) atoms. The van der Waals surface area contributed by atoms with Crippen LogP contribution in [0.1, 0.15) is 37.7 Å². The van der Waals surface area contributed by atoms with Crippen LogP contribution in [0.2, 0.25) is 0 Å². The topological polar surface area (TPSA) is 95.1 Å². The van der Waals surface area contributed by atoms with Gasteiger partial charge in [-0.05, 0) is 38.0 Å². The van der Waals surface area contributed by atoms with Gasteiger partial charge in [0.05, 0.1) is 5.56 Å². The second kappa shape index (κ2) is 5.16. The lowest BCUT2D eigenvalue weighted by molar-refractivity contribution is 0.0690. The molecule has 2 rings (SSSR count). The molecule has 0 unspecified atom stereocenters. The highest BCUT2D eigenvalue weighted by atomic mass is 16.4. The number of H-pyrrole nitrogens is 1. The van der Waals surface area contributed by atoms with Crippen LogP contribution in [0.25, 0.3) is 0 Å². The number of carboxylic acids is 1. The minimum absolute atomic E-state index is 0.0328. The lowest BCUT2D eigenvalue weighted by Gasteiger charge is -2.07. The van der Waals surface area contributed by atoms with E-state index in [2.05, 4.69) is 15.3 Å². The second-order valence-corrected chi connectivity index (χ2v) is 4.55. The number of hydrogen-bond acceptors (Lipinski definition) is 3. The van der Waals surface area contributed by atoms with E-state index < -0.39 is 5.97 Å². The molecule has 0 saturated heterocycles. The monoisotopic (exact) mass is 273 g/mol. The van der Waals surface area contributed by atoms with Gasteiger partial charge in [-0.25, -0.2) is 9.78 Å². The summed E-state index contributed by atoms with van der Waals surface area (Å²) in [4.78, 5) is 30.1. The Morgan fingerprint density at radius 2 is 2.00 bits per heavy atom. The number of aryl methyl sites for hydroxylation is 2. The number of rotatable bonds is 3. The maximum atomic E-state index is 12.3. The molecule has 2 heterocycles. The lowest BCUT2D eigenvalue weighted by Crippen LogP contribution is -2.15. The van der Waals surface area contributed by atoms with Crippen molar-refractivity contribution in [3.63, 3.8) is 0 Å². The van der Waals surface area contributed by atoms with E-state index in [-0.39, 0.29) is 11.6 Å². The number of carbonyl (C=O) groups excluding carboxylic acids is 1. The molecule has 2 aromatic heterocycles. The van der Waals surface area contributed by atoms with Gasteiger partial charge in [0.15, 0.2) is 0 Å². The van der Waals surface area contributed by atoms with Gasteiger partial charge >= 0.3 is 5.97 Å². The molecule has 0 spiro atoms. The number of carbonyl (C=O) groups is 2. The fraction of sp³-hybridized carbons (Fsp3) is 0.214. The number of hydrogen-bond donors (Lipinski definition) is 3. The van der Waals surface area contributed by atoms with Crippen LogP contribution in [0.5, 0.6) is 0 Å².